The Labute approximate surface area is 175 Å². The molecule has 30 heavy (non-hydrogen) atoms. The summed E-state index contributed by atoms with van der Waals surface area (Å²) in [7, 11) is -3.92. The van der Waals surface area contributed by atoms with Crippen molar-refractivity contribution in [1.82, 2.24) is 14.4 Å². The second kappa shape index (κ2) is 8.28. The first-order chi connectivity index (χ1) is 14.4. The molecule has 0 saturated carbocycles. The third-order valence-corrected chi connectivity index (χ3v) is 7.36. The standard InChI is InChI=1S/C22H24FN3O3S/c1-15(2)16-9-11-17(12-10-16)21-24-22(29-25-21)18-6-5-13-26(14-18)30(27,28)20-8-4-3-7-19(20)23/h3-4,7-12,15,18H,5-6,13-14H2,1-2H3. The minimum Gasteiger partial charge on any atom is -0.339 e. The summed E-state index contributed by atoms with van der Waals surface area (Å²) < 4.78 is 46.7. The van der Waals surface area contributed by atoms with Crippen LogP contribution in [0.4, 0.5) is 4.39 Å². The number of benzene rings is 2. The highest BCUT2D eigenvalue weighted by Gasteiger charge is 2.34. The van der Waals surface area contributed by atoms with Crippen LogP contribution < -0.4 is 0 Å². The van der Waals surface area contributed by atoms with E-state index in [1.807, 2.05) is 24.3 Å². The van der Waals surface area contributed by atoms with Crippen LogP contribution in [-0.2, 0) is 10.0 Å². The lowest BCUT2D eigenvalue weighted by molar-refractivity contribution is 0.265. The van der Waals surface area contributed by atoms with Crippen molar-refractivity contribution in [3.8, 4) is 11.4 Å². The first-order valence-corrected chi connectivity index (χ1v) is 11.5. The van der Waals surface area contributed by atoms with Crippen LogP contribution in [0.5, 0.6) is 0 Å². The van der Waals surface area contributed by atoms with Crippen molar-refractivity contribution in [1.29, 1.82) is 0 Å². The lowest BCUT2D eigenvalue weighted by atomic mass is 9.99. The second-order valence-corrected chi connectivity index (χ2v) is 9.77. The average Bonchev–Trinajstić information content (AvgIpc) is 3.24. The van der Waals surface area contributed by atoms with Gasteiger partial charge in [0.1, 0.15) is 10.7 Å². The van der Waals surface area contributed by atoms with Gasteiger partial charge in [-0.05, 0) is 36.5 Å². The van der Waals surface area contributed by atoms with Gasteiger partial charge in [-0.3, -0.25) is 0 Å². The fourth-order valence-electron chi connectivity index (χ4n) is 3.69. The zero-order chi connectivity index (χ0) is 21.3. The Kier molecular flexibility index (Phi) is 5.71. The van der Waals surface area contributed by atoms with E-state index in [0.29, 0.717) is 30.6 Å². The van der Waals surface area contributed by atoms with Crippen molar-refractivity contribution >= 4 is 10.0 Å². The first kappa shape index (κ1) is 20.7. The number of nitrogens with zero attached hydrogens (tertiary/aromatic N) is 3. The highest BCUT2D eigenvalue weighted by atomic mass is 32.2. The van der Waals surface area contributed by atoms with Crippen LogP contribution in [0.25, 0.3) is 11.4 Å². The summed E-state index contributed by atoms with van der Waals surface area (Å²) in [6.45, 7) is 4.78. The van der Waals surface area contributed by atoms with E-state index in [-0.39, 0.29) is 17.4 Å². The number of aromatic nitrogens is 2. The molecule has 3 aromatic rings. The largest absolute Gasteiger partial charge is 0.339 e. The maximum Gasteiger partial charge on any atom is 0.246 e. The molecule has 1 unspecified atom stereocenters. The van der Waals surface area contributed by atoms with Crippen molar-refractivity contribution in [2.45, 2.75) is 43.4 Å². The molecule has 0 radical (unpaired) electrons. The summed E-state index contributed by atoms with van der Waals surface area (Å²) in [4.78, 5) is 4.21. The Morgan fingerprint density at radius 2 is 1.87 bits per heavy atom. The van der Waals surface area contributed by atoms with Gasteiger partial charge in [-0.2, -0.15) is 9.29 Å². The average molecular weight is 430 g/mol. The SMILES string of the molecule is CC(C)c1ccc(-c2noc(C3CCCN(S(=O)(=O)c4ccccc4F)C3)n2)cc1. The molecule has 1 aromatic heterocycles. The molecule has 0 aliphatic carbocycles. The second-order valence-electron chi connectivity index (χ2n) is 7.87. The van der Waals surface area contributed by atoms with Gasteiger partial charge in [-0.1, -0.05) is 55.4 Å². The molecule has 2 aromatic carbocycles. The maximum atomic E-state index is 14.1. The van der Waals surface area contributed by atoms with Crippen LogP contribution in [0.15, 0.2) is 57.9 Å². The quantitative estimate of drug-likeness (QED) is 0.594. The number of halogens is 1. The first-order valence-electron chi connectivity index (χ1n) is 10.0. The lowest BCUT2D eigenvalue weighted by Gasteiger charge is -2.30. The van der Waals surface area contributed by atoms with E-state index in [9.17, 15) is 12.8 Å². The Hall–Kier alpha value is -2.58. The van der Waals surface area contributed by atoms with Crippen LogP contribution in [0.1, 0.15) is 50.0 Å². The van der Waals surface area contributed by atoms with Crippen LogP contribution in [0.3, 0.4) is 0 Å². The Morgan fingerprint density at radius 1 is 1.13 bits per heavy atom. The molecular weight excluding hydrogens is 405 g/mol. The minimum absolute atomic E-state index is 0.185. The van der Waals surface area contributed by atoms with E-state index in [2.05, 4.69) is 24.0 Å². The molecule has 1 aliphatic heterocycles. The molecule has 8 heteroatoms. The predicted octanol–water partition coefficient (Wildman–Crippen LogP) is 4.57. The zero-order valence-corrected chi connectivity index (χ0v) is 17.8. The summed E-state index contributed by atoms with van der Waals surface area (Å²) in [5.41, 5.74) is 2.07. The normalized spacial score (nSPS) is 18.1. The third-order valence-electron chi connectivity index (χ3n) is 5.47. The maximum absolute atomic E-state index is 14.1. The van der Waals surface area contributed by atoms with Crippen LogP contribution in [-0.4, -0.2) is 36.0 Å². The van der Waals surface area contributed by atoms with E-state index in [4.69, 9.17) is 4.52 Å². The van der Waals surface area contributed by atoms with Crippen molar-refractivity contribution in [3.63, 3.8) is 0 Å². The van der Waals surface area contributed by atoms with E-state index < -0.39 is 15.8 Å². The number of piperidine rings is 1. The van der Waals surface area contributed by atoms with E-state index in [0.717, 1.165) is 18.1 Å². The highest BCUT2D eigenvalue weighted by molar-refractivity contribution is 7.89. The molecule has 1 saturated heterocycles. The fraction of sp³-hybridized carbons (Fsp3) is 0.364. The van der Waals surface area contributed by atoms with Gasteiger partial charge < -0.3 is 4.52 Å². The fourth-order valence-corrected chi connectivity index (χ4v) is 5.28. The molecule has 1 fully saturated rings. The van der Waals surface area contributed by atoms with Gasteiger partial charge in [-0.15, -0.1) is 0 Å². The summed E-state index contributed by atoms with van der Waals surface area (Å²) in [5, 5.41) is 4.08. The van der Waals surface area contributed by atoms with Gasteiger partial charge in [0.15, 0.2) is 0 Å². The molecule has 0 N–H and O–H groups in total. The summed E-state index contributed by atoms with van der Waals surface area (Å²) >= 11 is 0. The number of sulfonamides is 1. The Bertz CT molecular complexity index is 1130. The molecule has 4 rings (SSSR count). The number of hydrogen-bond donors (Lipinski definition) is 0. The summed E-state index contributed by atoms with van der Waals surface area (Å²) in [6, 6.07) is 13.4. The molecule has 0 bridgehead atoms. The van der Waals surface area contributed by atoms with Gasteiger partial charge in [-0.25, -0.2) is 12.8 Å². The van der Waals surface area contributed by atoms with Gasteiger partial charge in [0.25, 0.3) is 0 Å². The van der Waals surface area contributed by atoms with E-state index in [1.54, 1.807) is 0 Å². The minimum atomic E-state index is -3.92. The molecule has 1 atom stereocenters. The molecular formula is C22H24FN3O3S. The third kappa shape index (κ3) is 4.02. The van der Waals surface area contributed by atoms with Crippen LogP contribution in [0.2, 0.25) is 0 Å². The predicted molar refractivity (Wildman–Crippen MR) is 111 cm³/mol. The van der Waals surface area contributed by atoms with E-state index >= 15 is 0 Å². The van der Waals surface area contributed by atoms with Gasteiger partial charge >= 0.3 is 0 Å². The highest BCUT2D eigenvalue weighted by Crippen LogP contribution is 2.31. The molecule has 2 heterocycles. The smallest absolute Gasteiger partial charge is 0.246 e. The Morgan fingerprint density at radius 3 is 2.57 bits per heavy atom. The molecule has 158 valence electrons. The van der Waals surface area contributed by atoms with Crippen molar-refractivity contribution in [3.05, 3.63) is 65.8 Å². The molecule has 1 aliphatic rings. The van der Waals surface area contributed by atoms with Gasteiger partial charge in [0.05, 0.1) is 5.92 Å². The molecule has 0 spiro atoms. The lowest BCUT2D eigenvalue weighted by Crippen LogP contribution is -2.39. The van der Waals surface area contributed by atoms with Crippen LogP contribution in [0, 0.1) is 5.82 Å². The van der Waals surface area contributed by atoms with Crippen LogP contribution >= 0.6 is 0 Å². The van der Waals surface area contributed by atoms with E-state index in [1.165, 1.54) is 28.1 Å². The van der Waals surface area contributed by atoms with Crippen molar-refractivity contribution < 1.29 is 17.3 Å². The Balaban J connectivity index is 1.54. The monoisotopic (exact) mass is 429 g/mol. The summed E-state index contributed by atoms with van der Waals surface area (Å²) in [6.07, 6.45) is 1.37. The number of rotatable bonds is 5. The molecule has 0 amide bonds. The van der Waals surface area contributed by atoms with Gasteiger partial charge in [0.2, 0.25) is 21.7 Å². The topological polar surface area (TPSA) is 76.3 Å². The molecule has 6 nitrogen and oxygen atoms in total. The van der Waals surface area contributed by atoms with Crippen molar-refractivity contribution in [2.75, 3.05) is 13.1 Å². The van der Waals surface area contributed by atoms with Gasteiger partial charge in [0, 0.05) is 18.7 Å². The van der Waals surface area contributed by atoms with Crippen molar-refractivity contribution in [2.24, 2.45) is 0 Å². The number of hydrogen-bond acceptors (Lipinski definition) is 5. The summed E-state index contributed by atoms with van der Waals surface area (Å²) in [5.74, 6) is 0.353. The zero-order valence-electron chi connectivity index (χ0n) is 17.0.